The van der Waals surface area contributed by atoms with Gasteiger partial charge in [-0.2, -0.15) is 0 Å². The van der Waals surface area contributed by atoms with Crippen LogP contribution in [0.5, 0.6) is 0 Å². The SMILES string of the molecule is Cl.O=C1c2ccccc2C(=O)N1O. The Balaban J connectivity index is 0.000000845. The second kappa shape index (κ2) is 3.16. The molecule has 13 heavy (non-hydrogen) atoms. The van der Waals surface area contributed by atoms with Crippen molar-refractivity contribution < 1.29 is 14.8 Å². The summed E-state index contributed by atoms with van der Waals surface area (Å²) in [5, 5.41) is 9.05. The smallest absolute Gasteiger partial charge is 0.278 e. The van der Waals surface area contributed by atoms with E-state index in [1.165, 1.54) is 12.1 Å². The van der Waals surface area contributed by atoms with Gasteiger partial charge in [0.1, 0.15) is 0 Å². The molecule has 1 N–H and O–H groups in total. The van der Waals surface area contributed by atoms with Crippen LogP contribution >= 0.6 is 12.4 Å². The van der Waals surface area contributed by atoms with Crippen molar-refractivity contribution in [1.29, 1.82) is 0 Å². The number of imide groups is 1. The van der Waals surface area contributed by atoms with Crippen LogP contribution in [-0.4, -0.2) is 22.1 Å². The standard InChI is InChI=1S/C8H5NO3.ClH/c10-7-5-3-1-2-4-6(5)8(11)9(7)12;/h1-4,12H;1H. The summed E-state index contributed by atoms with van der Waals surface area (Å²) in [6, 6.07) is 6.30. The molecular weight excluding hydrogens is 194 g/mol. The predicted octanol–water partition coefficient (Wildman–Crippen LogP) is 1.09. The molecule has 0 spiro atoms. The number of hydrogen-bond donors (Lipinski definition) is 1. The molecular formula is C8H6ClNO3. The molecule has 0 bridgehead atoms. The Morgan fingerprint density at radius 3 is 1.77 bits per heavy atom. The lowest BCUT2D eigenvalue weighted by atomic mass is 10.1. The molecule has 0 fully saturated rings. The highest BCUT2D eigenvalue weighted by Crippen LogP contribution is 2.19. The van der Waals surface area contributed by atoms with Gasteiger partial charge in [-0.1, -0.05) is 12.1 Å². The molecule has 2 amide bonds. The van der Waals surface area contributed by atoms with Crippen molar-refractivity contribution in [2.45, 2.75) is 0 Å². The van der Waals surface area contributed by atoms with Crippen molar-refractivity contribution in [3.63, 3.8) is 0 Å². The molecule has 1 aliphatic rings. The van der Waals surface area contributed by atoms with Crippen LogP contribution in [0.3, 0.4) is 0 Å². The molecule has 4 nitrogen and oxygen atoms in total. The van der Waals surface area contributed by atoms with E-state index in [0.717, 1.165) is 0 Å². The van der Waals surface area contributed by atoms with Gasteiger partial charge in [-0.05, 0) is 12.1 Å². The van der Waals surface area contributed by atoms with Crippen molar-refractivity contribution in [3.05, 3.63) is 35.4 Å². The fourth-order valence-electron chi connectivity index (χ4n) is 1.18. The normalized spacial score (nSPS) is 14.1. The number of carbonyl (C=O) groups excluding carboxylic acids is 2. The molecule has 0 saturated carbocycles. The average Bonchev–Trinajstić information content (AvgIpc) is 2.33. The van der Waals surface area contributed by atoms with Gasteiger partial charge in [-0.15, -0.1) is 17.5 Å². The van der Waals surface area contributed by atoms with Crippen LogP contribution in [0.25, 0.3) is 0 Å². The van der Waals surface area contributed by atoms with Crippen LogP contribution in [0.4, 0.5) is 0 Å². The molecule has 1 aromatic carbocycles. The molecule has 0 atom stereocenters. The van der Waals surface area contributed by atoms with Crippen LogP contribution in [0.1, 0.15) is 20.7 Å². The summed E-state index contributed by atoms with van der Waals surface area (Å²) < 4.78 is 0. The van der Waals surface area contributed by atoms with E-state index in [-0.39, 0.29) is 28.6 Å². The lowest BCUT2D eigenvalue weighted by molar-refractivity contribution is -0.0327. The van der Waals surface area contributed by atoms with Gasteiger partial charge in [0.15, 0.2) is 0 Å². The molecule has 1 aliphatic heterocycles. The van der Waals surface area contributed by atoms with Crippen LogP contribution in [-0.2, 0) is 0 Å². The summed E-state index contributed by atoms with van der Waals surface area (Å²) in [5.74, 6) is -1.31. The number of rotatable bonds is 0. The summed E-state index contributed by atoms with van der Waals surface area (Å²) >= 11 is 0. The molecule has 2 rings (SSSR count). The minimum atomic E-state index is -0.657. The monoisotopic (exact) mass is 199 g/mol. The van der Waals surface area contributed by atoms with E-state index in [2.05, 4.69) is 0 Å². The average molecular weight is 200 g/mol. The van der Waals surface area contributed by atoms with E-state index < -0.39 is 11.8 Å². The first kappa shape index (κ1) is 9.70. The third kappa shape index (κ3) is 1.20. The van der Waals surface area contributed by atoms with Crippen LogP contribution in [0.15, 0.2) is 24.3 Å². The van der Waals surface area contributed by atoms with Crippen molar-refractivity contribution >= 4 is 24.2 Å². The number of carbonyl (C=O) groups is 2. The van der Waals surface area contributed by atoms with Crippen molar-refractivity contribution in [3.8, 4) is 0 Å². The Labute approximate surface area is 80.1 Å². The largest absolute Gasteiger partial charge is 0.285 e. The molecule has 0 aromatic heterocycles. The fourth-order valence-corrected chi connectivity index (χ4v) is 1.18. The molecule has 1 aromatic rings. The molecule has 0 saturated heterocycles. The number of nitrogens with zero attached hydrogens (tertiary/aromatic N) is 1. The van der Waals surface area contributed by atoms with E-state index in [0.29, 0.717) is 0 Å². The third-order valence-corrected chi connectivity index (χ3v) is 1.77. The zero-order chi connectivity index (χ0) is 8.72. The highest BCUT2D eigenvalue weighted by molar-refractivity contribution is 6.20. The summed E-state index contributed by atoms with van der Waals surface area (Å²) in [6.07, 6.45) is 0. The molecule has 0 aliphatic carbocycles. The second-order valence-electron chi connectivity index (χ2n) is 2.47. The number of amides is 2. The summed E-state index contributed by atoms with van der Waals surface area (Å²) in [6.45, 7) is 0. The number of hydroxylamine groups is 2. The van der Waals surface area contributed by atoms with Gasteiger partial charge in [0.05, 0.1) is 11.1 Å². The maximum Gasteiger partial charge on any atom is 0.285 e. The zero-order valence-corrected chi connectivity index (χ0v) is 7.25. The number of hydrogen-bond acceptors (Lipinski definition) is 3. The van der Waals surface area contributed by atoms with E-state index in [1.807, 2.05) is 0 Å². The molecule has 5 heteroatoms. The van der Waals surface area contributed by atoms with Crippen LogP contribution in [0, 0.1) is 0 Å². The Morgan fingerprint density at radius 2 is 1.38 bits per heavy atom. The highest BCUT2D eigenvalue weighted by Gasteiger charge is 2.33. The zero-order valence-electron chi connectivity index (χ0n) is 6.43. The first-order valence-electron chi connectivity index (χ1n) is 3.38. The summed E-state index contributed by atoms with van der Waals surface area (Å²) in [4.78, 5) is 22.1. The fraction of sp³-hybridized carbons (Fsp3) is 0. The number of benzene rings is 1. The highest BCUT2D eigenvalue weighted by atomic mass is 35.5. The van der Waals surface area contributed by atoms with Crippen molar-refractivity contribution in [2.24, 2.45) is 0 Å². The van der Waals surface area contributed by atoms with Gasteiger partial charge >= 0.3 is 0 Å². The Hall–Kier alpha value is -1.39. The van der Waals surface area contributed by atoms with Gasteiger partial charge in [-0.3, -0.25) is 14.8 Å². The van der Waals surface area contributed by atoms with Crippen molar-refractivity contribution in [2.75, 3.05) is 0 Å². The molecule has 0 radical (unpaired) electrons. The lowest BCUT2D eigenvalue weighted by Gasteiger charge is -1.99. The minimum absolute atomic E-state index is 0. The van der Waals surface area contributed by atoms with Gasteiger partial charge < -0.3 is 0 Å². The second-order valence-corrected chi connectivity index (χ2v) is 2.47. The maximum atomic E-state index is 11.1. The molecule has 0 unspecified atom stereocenters. The number of fused-ring (bicyclic) bond motifs is 1. The molecule has 1 heterocycles. The first-order valence-corrected chi connectivity index (χ1v) is 3.38. The van der Waals surface area contributed by atoms with Crippen LogP contribution in [0.2, 0.25) is 0 Å². The Kier molecular flexibility index (Phi) is 2.36. The van der Waals surface area contributed by atoms with E-state index in [9.17, 15) is 9.59 Å². The molecule has 68 valence electrons. The quantitative estimate of drug-likeness (QED) is 0.503. The van der Waals surface area contributed by atoms with E-state index in [1.54, 1.807) is 12.1 Å². The Morgan fingerprint density at radius 1 is 1.00 bits per heavy atom. The van der Waals surface area contributed by atoms with Crippen LogP contribution < -0.4 is 0 Å². The van der Waals surface area contributed by atoms with E-state index in [4.69, 9.17) is 5.21 Å². The maximum absolute atomic E-state index is 11.1. The van der Waals surface area contributed by atoms with Gasteiger partial charge in [0.25, 0.3) is 11.8 Å². The van der Waals surface area contributed by atoms with E-state index >= 15 is 0 Å². The minimum Gasteiger partial charge on any atom is -0.278 e. The first-order chi connectivity index (χ1) is 5.72. The number of halogens is 1. The van der Waals surface area contributed by atoms with Crippen molar-refractivity contribution in [1.82, 2.24) is 5.06 Å². The van der Waals surface area contributed by atoms with Gasteiger partial charge in [-0.25, -0.2) is 0 Å². The predicted molar refractivity (Wildman–Crippen MR) is 46.0 cm³/mol. The summed E-state index contributed by atoms with van der Waals surface area (Å²) in [7, 11) is 0. The lowest BCUT2D eigenvalue weighted by Crippen LogP contribution is -2.25. The van der Waals surface area contributed by atoms with Gasteiger partial charge in [0.2, 0.25) is 0 Å². The Bertz CT molecular complexity index is 342. The van der Waals surface area contributed by atoms with Gasteiger partial charge in [0, 0.05) is 0 Å². The summed E-state index contributed by atoms with van der Waals surface area (Å²) in [5.41, 5.74) is 0.509. The topological polar surface area (TPSA) is 57.6 Å². The third-order valence-electron chi connectivity index (χ3n) is 1.77.